The largest absolute Gasteiger partial charge is 0.487 e. The number of amides is 1. The highest BCUT2D eigenvalue weighted by Crippen LogP contribution is 2.42. The van der Waals surface area contributed by atoms with Gasteiger partial charge in [0.05, 0.1) is 0 Å². The van der Waals surface area contributed by atoms with Crippen molar-refractivity contribution in [1.29, 1.82) is 0 Å². The van der Waals surface area contributed by atoms with Crippen LogP contribution in [-0.2, 0) is 11.2 Å². The summed E-state index contributed by atoms with van der Waals surface area (Å²) in [5.41, 5.74) is 1.74. The fourth-order valence-corrected chi connectivity index (χ4v) is 3.56. The molecule has 1 aromatic rings. The average Bonchev–Trinajstić information content (AvgIpc) is 2.80. The Morgan fingerprint density at radius 1 is 1.29 bits per heavy atom. The second-order valence-corrected chi connectivity index (χ2v) is 7.06. The van der Waals surface area contributed by atoms with Crippen LogP contribution in [0.4, 0.5) is 0 Å². The van der Waals surface area contributed by atoms with Crippen LogP contribution in [0.5, 0.6) is 5.75 Å². The molecule has 21 heavy (non-hydrogen) atoms. The third-order valence-corrected chi connectivity index (χ3v) is 4.70. The summed E-state index contributed by atoms with van der Waals surface area (Å²) < 4.78 is 6.03. The van der Waals surface area contributed by atoms with Gasteiger partial charge >= 0.3 is 0 Å². The Labute approximate surface area is 131 Å². The molecular weight excluding hydrogens is 286 g/mol. The Bertz CT molecular complexity index is 550. The maximum atomic E-state index is 12.6. The number of carbonyl (C=O) groups excluding carboxylic acids is 1. The van der Waals surface area contributed by atoms with Gasteiger partial charge in [-0.15, -0.1) is 11.6 Å². The molecule has 3 nitrogen and oxygen atoms in total. The fraction of sp³-hybridized carbons (Fsp3) is 0.588. The summed E-state index contributed by atoms with van der Waals surface area (Å²) in [5, 5.41) is -0.646. The molecule has 0 aliphatic carbocycles. The molecule has 2 aliphatic rings. The van der Waals surface area contributed by atoms with Crippen molar-refractivity contribution < 1.29 is 9.53 Å². The highest BCUT2D eigenvalue weighted by molar-refractivity contribution is 6.31. The molecule has 2 aliphatic heterocycles. The molecule has 1 saturated heterocycles. The Morgan fingerprint density at radius 2 is 2.00 bits per heavy atom. The van der Waals surface area contributed by atoms with Gasteiger partial charge in [0.25, 0.3) is 0 Å². The Morgan fingerprint density at radius 3 is 2.71 bits per heavy atom. The van der Waals surface area contributed by atoms with Crippen LogP contribution in [0.15, 0.2) is 18.2 Å². The van der Waals surface area contributed by atoms with Gasteiger partial charge in [0.15, 0.2) is 0 Å². The molecule has 3 rings (SSSR count). The number of hydrogen-bond acceptors (Lipinski definition) is 2. The molecule has 0 saturated carbocycles. The Balaban J connectivity index is 1.84. The zero-order valence-corrected chi connectivity index (χ0v) is 13.4. The number of likely N-dealkylation sites (tertiary alicyclic amines) is 1. The van der Waals surface area contributed by atoms with Crippen molar-refractivity contribution in [2.45, 2.75) is 50.5 Å². The van der Waals surface area contributed by atoms with E-state index < -0.39 is 5.38 Å². The molecule has 1 fully saturated rings. The van der Waals surface area contributed by atoms with E-state index >= 15 is 0 Å². The van der Waals surface area contributed by atoms with Gasteiger partial charge < -0.3 is 9.64 Å². The maximum Gasteiger partial charge on any atom is 0.245 e. The van der Waals surface area contributed by atoms with Crippen LogP contribution in [0.25, 0.3) is 0 Å². The smallest absolute Gasteiger partial charge is 0.245 e. The van der Waals surface area contributed by atoms with Crippen molar-refractivity contribution in [2.75, 3.05) is 13.1 Å². The van der Waals surface area contributed by atoms with Crippen LogP contribution in [-0.4, -0.2) is 29.5 Å². The number of fused-ring (bicyclic) bond motifs is 1. The van der Waals surface area contributed by atoms with Gasteiger partial charge in [-0.3, -0.25) is 4.79 Å². The Hall–Kier alpha value is -1.22. The van der Waals surface area contributed by atoms with Crippen LogP contribution in [0.3, 0.4) is 0 Å². The van der Waals surface area contributed by atoms with Crippen LogP contribution in [0.2, 0.25) is 0 Å². The molecule has 0 radical (unpaired) electrons. The number of piperidine rings is 1. The predicted octanol–water partition coefficient (Wildman–Crippen LogP) is 3.69. The SMILES string of the molecule is CC1(C)Cc2cccc(C(Cl)C(=O)N3CCCCC3)c2O1. The van der Waals surface area contributed by atoms with Gasteiger partial charge in [0.1, 0.15) is 16.7 Å². The lowest BCUT2D eigenvalue weighted by molar-refractivity contribution is -0.131. The zero-order valence-electron chi connectivity index (χ0n) is 12.7. The molecular formula is C17H22ClNO2. The molecule has 114 valence electrons. The lowest BCUT2D eigenvalue weighted by Gasteiger charge is -2.29. The number of halogens is 1. The van der Waals surface area contributed by atoms with Crippen molar-refractivity contribution >= 4 is 17.5 Å². The first-order valence-electron chi connectivity index (χ1n) is 7.72. The molecule has 1 atom stereocenters. The van der Waals surface area contributed by atoms with E-state index in [0.29, 0.717) is 0 Å². The fourth-order valence-electron chi connectivity index (χ4n) is 3.25. The molecule has 4 heteroatoms. The summed E-state index contributed by atoms with van der Waals surface area (Å²) in [4.78, 5) is 14.5. The number of hydrogen-bond donors (Lipinski definition) is 0. The van der Waals surface area contributed by atoms with Crippen molar-refractivity contribution in [3.05, 3.63) is 29.3 Å². The van der Waals surface area contributed by atoms with Crippen LogP contribution in [0, 0.1) is 0 Å². The van der Waals surface area contributed by atoms with Crippen LogP contribution < -0.4 is 4.74 Å². The van der Waals surface area contributed by atoms with Crippen molar-refractivity contribution in [1.82, 2.24) is 4.90 Å². The number of para-hydroxylation sites is 1. The van der Waals surface area contributed by atoms with E-state index in [0.717, 1.165) is 49.2 Å². The molecule has 1 aromatic carbocycles. The van der Waals surface area contributed by atoms with Crippen LogP contribution in [0.1, 0.15) is 49.6 Å². The molecule has 0 aromatic heterocycles. The lowest BCUT2D eigenvalue weighted by atomic mass is 9.99. The van der Waals surface area contributed by atoms with Gasteiger partial charge in [0.2, 0.25) is 5.91 Å². The van der Waals surface area contributed by atoms with Crippen molar-refractivity contribution in [3.63, 3.8) is 0 Å². The first kappa shape index (κ1) is 14.7. The summed E-state index contributed by atoms with van der Waals surface area (Å²) in [6.07, 6.45) is 4.21. The minimum Gasteiger partial charge on any atom is -0.487 e. The number of nitrogens with zero attached hydrogens (tertiary/aromatic N) is 1. The van der Waals surface area contributed by atoms with Crippen molar-refractivity contribution in [2.24, 2.45) is 0 Å². The summed E-state index contributed by atoms with van der Waals surface area (Å²) in [5.74, 6) is 0.825. The summed E-state index contributed by atoms with van der Waals surface area (Å²) in [6, 6.07) is 5.94. The molecule has 0 N–H and O–H groups in total. The monoisotopic (exact) mass is 307 g/mol. The molecule has 1 amide bonds. The standard InChI is InChI=1S/C17H22ClNO2/c1-17(2)11-12-7-6-8-13(15(12)21-17)14(18)16(20)19-9-4-3-5-10-19/h6-8,14H,3-5,9-11H2,1-2H3. The van der Waals surface area contributed by atoms with E-state index in [1.54, 1.807) is 0 Å². The number of rotatable bonds is 2. The van der Waals surface area contributed by atoms with E-state index in [9.17, 15) is 4.79 Å². The second-order valence-electron chi connectivity index (χ2n) is 6.62. The van der Waals surface area contributed by atoms with Gasteiger partial charge in [-0.1, -0.05) is 18.2 Å². The van der Waals surface area contributed by atoms with Gasteiger partial charge in [-0.05, 0) is 38.7 Å². The maximum absolute atomic E-state index is 12.6. The third-order valence-electron chi connectivity index (χ3n) is 4.28. The quantitative estimate of drug-likeness (QED) is 0.780. The summed E-state index contributed by atoms with van der Waals surface area (Å²) in [6.45, 7) is 5.77. The molecule has 0 spiro atoms. The van der Waals surface area contributed by atoms with Gasteiger partial charge in [-0.2, -0.15) is 0 Å². The van der Waals surface area contributed by atoms with E-state index in [-0.39, 0.29) is 11.5 Å². The Kier molecular flexibility index (Phi) is 3.87. The highest BCUT2D eigenvalue weighted by atomic mass is 35.5. The topological polar surface area (TPSA) is 29.5 Å². The van der Waals surface area contributed by atoms with E-state index in [1.165, 1.54) is 6.42 Å². The van der Waals surface area contributed by atoms with Crippen LogP contribution >= 0.6 is 11.6 Å². The second kappa shape index (κ2) is 5.53. The molecule has 2 heterocycles. The normalized spacial score (nSPS) is 21.6. The lowest BCUT2D eigenvalue weighted by Crippen LogP contribution is -2.37. The predicted molar refractivity (Wildman–Crippen MR) is 83.9 cm³/mol. The zero-order chi connectivity index (χ0) is 15.0. The number of ether oxygens (including phenoxy) is 1. The van der Waals surface area contributed by atoms with Gasteiger partial charge in [-0.25, -0.2) is 0 Å². The summed E-state index contributed by atoms with van der Waals surface area (Å²) >= 11 is 6.50. The number of alkyl halides is 1. The number of benzene rings is 1. The van der Waals surface area contributed by atoms with Gasteiger partial charge in [0, 0.05) is 25.1 Å². The number of carbonyl (C=O) groups is 1. The molecule has 1 unspecified atom stereocenters. The average molecular weight is 308 g/mol. The minimum atomic E-state index is -0.646. The highest BCUT2D eigenvalue weighted by Gasteiger charge is 2.35. The molecule has 0 bridgehead atoms. The summed E-state index contributed by atoms with van der Waals surface area (Å²) in [7, 11) is 0. The van der Waals surface area contributed by atoms with E-state index in [1.807, 2.05) is 17.0 Å². The minimum absolute atomic E-state index is 0.0121. The first-order chi connectivity index (χ1) is 9.98. The van der Waals surface area contributed by atoms with E-state index in [4.69, 9.17) is 16.3 Å². The van der Waals surface area contributed by atoms with E-state index in [2.05, 4.69) is 19.9 Å². The van der Waals surface area contributed by atoms with Crippen molar-refractivity contribution in [3.8, 4) is 5.75 Å². The third kappa shape index (κ3) is 2.89. The first-order valence-corrected chi connectivity index (χ1v) is 8.15.